The topological polar surface area (TPSA) is 83.9 Å². The molecule has 1 heterocycles. The molecule has 0 aliphatic rings. The molecule has 1 aromatic heterocycles. The summed E-state index contributed by atoms with van der Waals surface area (Å²) in [7, 11) is 1.59. The Bertz CT molecular complexity index is 930. The molecule has 0 radical (unpaired) electrons. The molecule has 122 valence electrons. The van der Waals surface area contributed by atoms with Crippen molar-refractivity contribution in [2.45, 2.75) is 0 Å². The number of rotatable bonds is 5. The molecule has 2 N–H and O–H groups in total. The van der Waals surface area contributed by atoms with Crippen molar-refractivity contribution in [3.8, 4) is 11.5 Å². The Labute approximate surface area is 138 Å². The number of ether oxygens (including phenoxy) is 2. The number of H-pyrrole nitrogens is 1. The van der Waals surface area contributed by atoms with Gasteiger partial charge >= 0.3 is 0 Å². The smallest absolute Gasteiger partial charge is 0.248 e. The van der Waals surface area contributed by atoms with Crippen molar-refractivity contribution in [2.24, 2.45) is 5.16 Å². The third-order valence-corrected chi connectivity index (χ3v) is 3.61. The molecule has 0 saturated heterocycles. The molecule has 3 aromatic rings. The summed E-state index contributed by atoms with van der Waals surface area (Å²) in [6.45, 7) is 0.109. The monoisotopic (exact) mass is 324 g/mol. The van der Waals surface area contributed by atoms with E-state index in [4.69, 9.17) is 9.47 Å². The number of oxime groups is 1. The van der Waals surface area contributed by atoms with Gasteiger partial charge in [0.25, 0.3) is 0 Å². The van der Waals surface area contributed by atoms with Crippen LogP contribution in [0.5, 0.6) is 11.5 Å². The van der Waals surface area contributed by atoms with Gasteiger partial charge in [-0.2, -0.15) is 0 Å². The van der Waals surface area contributed by atoms with Crippen LogP contribution >= 0.6 is 0 Å². The zero-order valence-electron chi connectivity index (χ0n) is 13.0. The average Bonchev–Trinajstić information content (AvgIpc) is 2.62. The van der Waals surface area contributed by atoms with Gasteiger partial charge < -0.3 is 19.7 Å². The van der Waals surface area contributed by atoms with Gasteiger partial charge in [-0.1, -0.05) is 5.16 Å². The van der Waals surface area contributed by atoms with E-state index in [0.29, 0.717) is 11.5 Å². The van der Waals surface area contributed by atoms with Crippen LogP contribution in [-0.2, 0) is 0 Å². The van der Waals surface area contributed by atoms with Gasteiger partial charge in [-0.15, -0.1) is 0 Å². The summed E-state index contributed by atoms with van der Waals surface area (Å²) in [6.07, 6.45) is 0. The Balaban J connectivity index is 1.75. The second-order valence-electron chi connectivity index (χ2n) is 5.14. The van der Waals surface area contributed by atoms with Gasteiger partial charge in [0.1, 0.15) is 23.8 Å². The SMILES string of the molecule is COc1ccc(/C(COc2ccc3[nH]c(=O)ccc3c2)=N/O)cc1. The van der Waals surface area contributed by atoms with Crippen molar-refractivity contribution < 1.29 is 14.7 Å². The van der Waals surface area contributed by atoms with E-state index < -0.39 is 0 Å². The molecule has 24 heavy (non-hydrogen) atoms. The zero-order chi connectivity index (χ0) is 16.9. The number of benzene rings is 2. The van der Waals surface area contributed by atoms with Crippen LogP contribution in [0.25, 0.3) is 10.9 Å². The number of nitrogens with zero attached hydrogens (tertiary/aromatic N) is 1. The molecule has 0 amide bonds. The Hall–Kier alpha value is -3.28. The second kappa shape index (κ2) is 6.87. The largest absolute Gasteiger partial charge is 0.497 e. The fraction of sp³-hybridized carbons (Fsp3) is 0.111. The van der Waals surface area contributed by atoms with Crippen molar-refractivity contribution in [1.29, 1.82) is 0 Å². The van der Waals surface area contributed by atoms with Crippen LogP contribution in [0.2, 0.25) is 0 Å². The van der Waals surface area contributed by atoms with Crippen LogP contribution in [0.15, 0.2) is 64.5 Å². The minimum Gasteiger partial charge on any atom is -0.497 e. The molecule has 0 aliphatic carbocycles. The first-order chi connectivity index (χ1) is 11.7. The van der Waals surface area contributed by atoms with Crippen molar-refractivity contribution in [2.75, 3.05) is 13.7 Å². The Morgan fingerprint density at radius 1 is 1.08 bits per heavy atom. The molecule has 0 aliphatic heterocycles. The Morgan fingerprint density at radius 3 is 2.54 bits per heavy atom. The van der Waals surface area contributed by atoms with Crippen molar-refractivity contribution in [1.82, 2.24) is 4.98 Å². The van der Waals surface area contributed by atoms with Crippen molar-refractivity contribution >= 4 is 16.6 Å². The normalized spacial score (nSPS) is 11.5. The standard InChI is InChI=1S/C18H16N2O4/c1-23-14-5-2-12(3-6-14)17(20-22)11-24-15-7-8-16-13(10-15)4-9-18(21)19-16/h2-10,22H,11H2,1H3,(H,19,21)/b20-17+. The van der Waals surface area contributed by atoms with Crippen LogP contribution in [0.3, 0.4) is 0 Å². The van der Waals surface area contributed by atoms with E-state index in [-0.39, 0.29) is 12.2 Å². The molecule has 0 atom stereocenters. The number of fused-ring (bicyclic) bond motifs is 1. The molecule has 0 bridgehead atoms. The van der Waals surface area contributed by atoms with E-state index in [1.54, 1.807) is 49.6 Å². The minimum absolute atomic E-state index is 0.109. The van der Waals surface area contributed by atoms with Crippen LogP contribution < -0.4 is 15.0 Å². The molecule has 0 spiro atoms. The lowest BCUT2D eigenvalue weighted by molar-refractivity contribution is 0.308. The highest BCUT2D eigenvalue weighted by Gasteiger charge is 2.07. The summed E-state index contributed by atoms with van der Waals surface area (Å²) in [6, 6.07) is 15.7. The molecule has 6 nitrogen and oxygen atoms in total. The van der Waals surface area contributed by atoms with Crippen LogP contribution in [-0.4, -0.2) is 29.6 Å². The quantitative estimate of drug-likeness (QED) is 0.429. The molecule has 2 aromatic carbocycles. The fourth-order valence-corrected chi connectivity index (χ4v) is 2.33. The van der Waals surface area contributed by atoms with E-state index in [2.05, 4.69) is 10.1 Å². The Morgan fingerprint density at radius 2 is 1.83 bits per heavy atom. The van der Waals surface area contributed by atoms with Gasteiger partial charge in [0.2, 0.25) is 5.56 Å². The molecule has 3 rings (SSSR count). The van der Waals surface area contributed by atoms with E-state index in [9.17, 15) is 10.0 Å². The maximum absolute atomic E-state index is 11.3. The number of hydrogen-bond donors (Lipinski definition) is 2. The lowest BCUT2D eigenvalue weighted by Crippen LogP contribution is -2.13. The van der Waals surface area contributed by atoms with Crippen molar-refractivity contribution in [3.05, 3.63) is 70.5 Å². The van der Waals surface area contributed by atoms with Crippen molar-refractivity contribution in [3.63, 3.8) is 0 Å². The predicted octanol–water partition coefficient (Wildman–Crippen LogP) is 2.79. The summed E-state index contributed by atoms with van der Waals surface area (Å²) in [5, 5.41) is 13.4. The fourth-order valence-electron chi connectivity index (χ4n) is 2.33. The van der Waals surface area contributed by atoms with Gasteiger partial charge in [0.15, 0.2) is 0 Å². The zero-order valence-corrected chi connectivity index (χ0v) is 13.0. The predicted molar refractivity (Wildman–Crippen MR) is 91.4 cm³/mol. The summed E-state index contributed by atoms with van der Waals surface area (Å²) in [5.41, 5.74) is 1.73. The number of nitrogens with one attached hydrogen (secondary N) is 1. The van der Waals surface area contributed by atoms with Gasteiger partial charge in [-0.3, -0.25) is 4.79 Å². The number of aromatic amines is 1. The van der Waals surface area contributed by atoms with Crippen LogP contribution in [0.1, 0.15) is 5.56 Å². The Kier molecular flexibility index (Phi) is 4.47. The number of aromatic nitrogens is 1. The maximum Gasteiger partial charge on any atom is 0.248 e. The van der Waals surface area contributed by atoms with Gasteiger partial charge in [0.05, 0.1) is 7.11 Å². The highest BCUT2D eigenvalue weighted by Crippen LogP contribution is 2.19. The number of hydrogen-bond acceptors (Lipinski definition) is 5. The number of methoxy groups -OCH3 is 1. The van der Waals surface area contributed by atoms with Gasteiger partial charge in [-0.25, -0.2) is 0 Å². The molecular weight excluding hydrogens is 308 g/mol. The summed E-state index contributed by atoms with van der Waals surface area (Å²) < 4.78 is 10.8. The molecule has 6 heteroatoms. The molecule has 0 fully saturated rings. The van der Waals surface area contributed by atoms with E-state index in [0.717, 1.165) is 22.2 Å². The summed E-state index contributed by atoms with van der Waals surface area (Å²) in [5.74, 6) is 1.34. The maximum atomic E-state index is 11.3. The van der Waals surface area contributed by atoms with Gasteiger partial charge in [0, 0.05) is 22.5 Å². The van der Waals surface area contributed by atoms with Gasteiger partial charge in [-0.05, 0) is 48.5 Å². The molecule has 0 saturated carbocycles. The van der Waals surface area contributed by atoms with E-state index in [1.807, 2.05) is 6.07 Å². The third-order valence-electron chi connectivity index (χ3n) is 3.61. The van der Waals surface area contributed by atoms with Crippen LogP contribution in [0, 0.1) is 0 Å². The van der Waals surface area contributed by atoms with E-state index >= 15 is 0 Å². The second-order valence-corrected chi connectivity index (χ2v) is 5.14. The first-order valence-corrected chi connectivity index (χ1v) is 7.31. The van der Waals surface area contributed by atoms with E-state index in [1.165, 1.54) is 6.07 Å². The summed E-state index contributed by atoms with van der Waals surface area (Å²) >= 11 is 0. The number of pyridine rings is 1. The first kappa shape index (κ1) is 15.6. The third kappa shape index (κ3) is 3.38. The summed E-state index contributed by atoms with van der Waals surface area (Å²) in [4.78, 5) is 14.0. The highest BCUT2D eigenvalue weighted by atomic mass is 16.5. The van der Waals surface area contributed by atoms with Crippen LogP contribution in [0.4, 0.5) is 0 Å². The highest BCUT2D eigenvalue weighted by molar-refractivity contribution is 6.01. The minimum atomic E-state index is -0.148. The lowest BCUT2D eigenvalue weighted by Gasteiger charge is -2.09. The lowest BCUT2D eigenvalue weighted by atomic mass is 10.1. The average molecular weight is 324 g/mol. The first-order valence-electron chi connectivity index (χ1n) is 7.31. The molecular formula is C18H16N2O4. The molecule has 0 unspecified atom stereocenters.